The van der Waals surface area contributed by atoms with E-state index in [1.807, 2.05) is 0 Å². The molecule has 0 aliphatic heterocycles. The molecular weight excluding hydrogens is 416 g/mol. The first-order valence-corrected chi connectivity index (χ1v) is 12.5. The summed E-state index contributed by atoms with van der Waals surface area (Å²) < 4.78 is 0. The van der Waals surface area contributed by atoms with E-state index < -0.39 is 5.97 Å². The minimum absolute atomic E-state index is 0.0167. The number of carbonyl (C=O) groups excluding carboxylic acids is 1. The second kappa shape index (κ2) is 7.39. The number of carboxylic acid groups (broad SMARTS) is 1. The maximum Gasteiger partial charge on any atom is 0.303 e. The van der Waals surface area contributed by atoms with Gasteiger partial charge >= 0.3 is 5.97 Å². The zero-order valence-electron chi connectivity index (χ0n) is 17.8. The van der Waals surface area contributed by atoms with Crippen LogP contribution in [0.25, 0.3) is 0 Å². The van der Waals surface area contributed by atoms with Crippen LogP contribution in [0.1, 0.15) is 85.0 Å². The minimum atomic E-state index is -0.719. The largest absolute Gasteiger partial charge is 0.481 e. The number of carbonyl (C=O) groups is 2. The van der Waals surface area contributed by atoms with Gasteiger partial charge in [0.1, 0.15) is 0 Å². The highest BCUT2D eigenvalue weighted by atomic mass is 79.9. The van der Waals surface area contributed by atoms with E-state index >= 15 is 0 Å². The molecule has 4 aliphatic carbocycles. The molecule has 0 aromatic rings. The number of rotatable bonds is 4. The van der Waals surface area contributed by atoms with Crippen LogP contribution in [-0.4, -0.2) is 21.7 Å². The Morgan fingerprint density at radius 3 is 2.64 bits per heavy atom. The van der Waals surface area contributed by atoms with Gasteiger partial charge in [-0.1, -0.05) is 49.5 Å². The lowest BCUT2D eigenvalue weighted by atomic mass is 9.44. The molecule has 28 heavy (non-hydrogen) atoms. The molecule has 4 rings (SSSR count). The van der Waals surface area contributed by atoms with Crippen molar-refractivity contribution in [2.75, 3.05) is 0 Å². The average molecular weight is 453 g/mol. The Kier molecular flexibility index (Phi) is 5.51. The number of alkyl halides is 1. The summed E-state index contributed by atoms with van der Waals surface area (Å²) in [6.45, 7) is 6.93. The lowest BCUT2D eigenvalue weighted by Gasteiger charge is -2.61. The van der Waals surface area contributed by atoms with Crippen LogP contribution in [0.3, 0.4) is 0 Å². The molecule has 7 unspecified atom stereocenters. The van der Waals surface area contributed by atoms with E-state index in [4.69, 9.17) is 5.11 Å². The molecule has 4 aliphatic rings. The quantitative estimate of drug-likeness (QED) is 0.524. The Hall–Kier alpha value is -0.380. The number of fused-ring (bicyclic) bond motifs is 5. The van der Waals surface area contributed by atoms with Crippen molar-refractivity contribution < 1.29 is 14.7 Å². The normalized spacial score (nSPS) is 49.1. The number of hydrogen-bond acceptors (Lipinski definition) is 2. The van der Waals surface area contributed by atoms with E-state index in [2.05, 4.69) is 36.7 Å². The molecule has 4 heteroatoms. The van der Waals surface area contributed by atoms with E-state index in [9.17, 15) is 9.59 Å². The van der Waals surface area contributed by atoms with E-state index in [-0.39, 0.29) is 16.7 Å². The Bertz CT molecular complexity index is 648. The summed E-state index contributed by atoms with van der Waals surface area (Å²) in [5.41, 5.74) is 0.0461. The molecule has 3 nitrogen and oxygen atoms in total. The Morgan fingerprint density at radius 1 is 1.18 bits per heavy atom. The highest BCUT2D eigenvalue weighted by Crippen LogP contribution is 2.68. The third-order valence-corrected chi connectivity index (χ3v) is 11.0. The molecule has 0 bridgehead atoms. The number of aliphatic carboxylic acids is 1. The fraction of sp³-hybridized carbons (Fsp3) is 0.917. The van der Waals surface area contributed by atoms with E-state index in [1.165, 1.54) is 38.5 Å². The van der Waals surface area contributed by atoms with Gasteiger partial charge in [0, 0.05) is 11.8 Å². The highest BCUT2D eigenvalue weighted by Gasteiger charge is 2.66. The van der Waals surface area contributed by atoms with Crippen molar-refractivity contribution in [1.82, 2.24) is 0 Å². The third kappa shape index (κ3) is 2.94. The Labute approximate surface area is 178 Å². The summed E-state index contributed by atoms with van der Waals surface area (Å²) in [5, 5.41) is 9.11. The topological polar surface area (TPSA) is 54.4 Å². The van der Waals surface area contributed by atoms with Crippen molar-refractivity contribution in [3.63, 3.8) is 0 Å². The summed E-state index contributed by atoms with van der Waals surface area (Å²) in [6, 6.07) is 0. The summed E-state index contributed by atoms with van der Waals surface area (Å²) in [6.07, 6.45) is 11.1. The number of Topliss-reactive ketones (excluding diaryl/α,β-unsaturated/α-hetero) is 1. The van der Waals surface area contributed by atoms with Crippen LogP contribution in [-0.2, 0) is 9.59 Å². The molecule has 0 amide bonds. The molecule has 1 N–H and O–H groups in total. The van der Waals surface area contributed by atoms with Gasteiger partial charge in [-0.05, 0) is 85.9 Å². The van der Waals surface area contributed by atoms with Crippen LogP contribution in [0.4, 0.5) is 0 Å². The number of halogens is 1. The maximum absolute atomic E-state index is 13.9. The smallest absolute Gasteiger partial charge is 0.303 e. The first-order chi connectivity index (χ1) is 13.2. The second-order valence-corrected chi connectivity index (χ2v) is 12.0. The summed E-state index contributed by atoms with van der Waals surface area (Å²) in [5.74, 6) is 2.80. The molecule has 0 aromatic carbocycles. The van der Waals surface area contributed by atoms with Gasteiger partial charge in [0.05, 0.1) is 4.83 Å². The summed E-state index contributed by atoms with van der Waals surface area (Å²) in [4.78, 5) is 25.0. The molecule has 4 saturated carbocycles. The Balaban J connectivity index is 1.63. The summed E-state index contributed by atoms with van der Waals surface area (Å²) in [7, 11) is 0. The van der Waals surface area contributed by atoms with Crippen LogP contribution >= 0.6 is 15.9 Å². The molecular formula is C24H37BrO3. The van der Waals surface area contributed by atoms with Crippen molar-refractivity contribution in [3.8, 4) is 0 Å². The van der Waals surface area contributed by atoms with Gasteiger partial charge in [0.15, 0.2) is 5.78 Å². The predicted octanol–water partition coefficient (Wildman–Crippen LogP) is 6.09. The number of hydrogen-bond donors (Lipinski definition) is 1. The molecule has 0 heterocycles. The lowest BCUT2D eigenvalue weighted by molar-refractivity contribution is -0.155. The predicted molar refractivity (Wildman–Crippen MR) is 114 cm³/mol. The fourth-order valence-electron chi connectivity index (χ4n) is 8.55. The van der Waals surface area contributed by atoms with Crippen molar-refractivity contribution in [3.05, 3.63) is 0 Å². The van der Waals surface area contributed by atoms with Gasteiger partial charge in [-0.2, -0.15) is 0 Å². The third-order valence-electron chi connectivity index (χ3n) is 9.97. The average Bonchev–Trinajstić information content (AvgIpc) is 3.01. The Morgan fingerprint density at radius 2 is 1.93 bits per heavy atom. The van der Waals surface area contributed by atoms with Gasteiger partial charge in [0.25, 0.3) is 0 Å². The fourth-order valence-corrected chi connectivity index (χ4v) is 10.0. The van der Waals surface area contributed by atoms with E-state index in [0.717, 1.165) is 18.8 Å². The molecule has 0 saturated heterocycles. The molecule has 0 spiro atoms. The number of carboxylic acids is 1. The lowest BCUT2D eigenvalue weighted by Crippen LogP contribution is -2.61. The van der Waals surface area contributed by atoms with Gasteiger partial charge in [-0.3, -0.25) is 9.59 Å². The number of ketones is 1. The molecule has 9 atom stereocenters. The highest BCUT2D eigenvalue weighted by molar-refractivity contribution is 9.10. The zero-order valence-corrected chi connectivity index (χ0v) is 19.3. The second-order valence-electron chi connectivity index (χ2n) is 11.0. The standard InChI is InChI=1S/C24H37BrO3/c1-14(7-12-19(26)27)17-10-11-18-16-9-8-15-6-4-5-13-23(15,2)20(16)21(25)22(28)24(17,18)3/h14-18,20-21H,4-13H2,1-3H3,(H,26,27)/t14-,15?,16?,17?,18?,20?,21+,23?,24?/m1/s1. The van der Waals surface area contributed by atoms with Gasteiger partial charge in [-0.15, -0.1) is 0 Å². The first-order valence-electron chi connectivity index (χ1n) is 11.6. The zero-order chi connectivity index (χ0) is 20.3. The maximum atomic E-state index is 13.9. The van der Waals surface area contributed by atoms with Crippen LogP contribution in [0.2, 0.25) is 0 Å². The summed E-state index contributed by atoms with van der Waals surface area (Å²) >= 11 is 3.96. The molecule has 4 fully saturated rings. The van der Waals surface area contributed by atoms with Crippen molar-refractivity contribution >= 4 is 27.7 Å². The minimum Gasteiger partial charge on any atom is -0.481 e. The molecule has 0 aromatic heterocycles. The van der Waals surface area contributed by atoms with Crippen molar-refractivity contribution in [2.45, 2.75) is 89.8 Å². The first kappa shape index (κ1) is 20.9. The molecule has 158 valence electrons. The van der Waals surface area contributed by atoms with Crippen molar-refractivity contribution in [1.29, 1.82) is 0 Å². The van der Waals surface area contributed by atoms with Crippen molar-refractivity contribution in [2.24, 2.45) is 46.3 Å². The van der Waals surface area contributed by atoms with Crippen LogP contribution in [0.15, 0.2) is 0 Å². The SMILES string of the molecule is C[C@H](CCC(=O)O)C1CCC2C3CCC4CCCCC4(C)C3[C@H](Br)C(=O)C21C. The van der Waals surface area contributed by atoms with Crippen LogP contribution in [0, 0.1) is 46.3 Å². The van der Waals surface area contributed by atoms with Crippen LogP contribution < -0.4 is 0 Å². The van der Waals surface area contributed by atoms with Gasteiger partial charge in [-0.25, -0.2) is 0 Å². The van der Waals surface area contributed by atoms with Gasteiger partial charge in [0.2, 0.25) is 0 Å². The molecule has 0 radical (unpaired) electrons. The monoisotopic (exact) mass is 452 g/mol. The van der Waals surface area contributed by atoms with Crippen LogP contribution in [0.5, 0.6) is 0 Å². The van der Waals surface area contributed by atoms with E-state index in [0.29, 0.717) is 47.2 Å². The van der Waals surface area contributed by atoms with E-state index in [1.54, 1.807) is 0 Å². The van der Waals surface area contributed by atoms with Gasteiger partial charge < -0.3 is 5.11 Å².